The van der Waals surface area contributed by atoms with E-state index in [1.165, 1.54) is 11.0 Å². The minimum atomic E-state index is -3.18. The molecule has 4 rings (SSSR count). The molecular weight excluding hydrogens is 390 g/mol. The maximum absolute atomic E-state index is 13.3. The van der Waals surface area contributed by atoms with Gasteiger partial charge in [-0.15, -0.1) is 0 Å². The van der Waals surface area contributed by atoms with E-state index >= 15 is 0 Å². The van der Waals surface area contributed by atoms with Gasteiger partial charge in [0, 0.05) is 18.0 Å². The van der Waals surface area contributed by atoms with Crippen LogP contribution in [-0.4, -0.2) is 43.3 Å². The first-order chi connectivity index (χ1) is 13.9. The van der Waals surface area contributed by atoms with Crippen LogP contribution in [0.3, 0.4) is 0 Å². The van der Waals surface area contributed by atoms with E-state index in [1.54, 1.807) is 24.3 Å². The molecule has 0 aliphatic carbocycles. The summed E-state index contributed by atoms with van der Waals surface area (Å²) in [5.41, 5.74) is 0.672. The minimum absolute atomic E-state index is 0.0547. The van der Waals surface area contributed by atoms with Crippen LogP contribution in [0.2, 0.25) is 0 Å². The monoisotopic (exact) mass is 411 g/mol. The first kappa shape index (κ1) is 19.4. The predicted octanol–water partition coefficient (Wildman–Crippen LogP) is 2.67. The highest BCUT2D eigenvalue weighted by molar-refractivity contribution is 7.91. The van der Waals surface area contributed by atoms with Gasteiger partial charge in [0.25, 0.3) is 5.91 Å². The van der Waals surface area contributed by atoms with Gasteiger partial charge in [0.15, 0.2) is 9.84 Å². The fourth-order valence-corrected chi connectivity index (χ4v) is 5.46. The summed E-state index contributed by atoms with van der Waals surface area (Å²) in [5, 5.41) is 0.650. The standard InChI is InChI=1S/C22H21NO5S/c24-21(19-14-17-8-4-5-9-20(17)28-22(19)25)23(18-11-13-29(26,27)15-18)12-10-16-6-2-1-3-7-16/h1-9,14,18H,10-13,15H2. The lowest BCUT2D eigenvalue weighted by Gasteiger charge is -2.28. The van der Waals surface area contributed by atoms with Gasteiger partial charge in [0.05, 0.1) is 11.5 Å². The number of fused-ring (bicyclic) bond motifs is 1. The SMILES string of the molecule is O=C(c1cc2ccccc2oc1=O)N(CCc1ccccc1)C1CCS(=O)(=O)C1. The Labute approximate surface area is 168 Å². The Morgan fingerprint density at radius 1 is 1.07 bits per heavy atom. The molecule has 0 N–H and O–H groups in total. The summed E-state index contributed by atoms with van der Waals surface area (Å²) < 4.78 is 29.3. The van der Waals surface area contributed by atoms with Crippen LogP contribution in [0.15, 0.2) is 69.9 Å². The number of benzene rings is 2. The molecule has 0 bridgehead atoms. The van der Waals surface area contributed by atoms with Gasteiger partial charge in [-0.05, 0) is 30.5 Å². The van der Waals surface area contributed by atoms with Crippen LogP contribution < -0.4 is 5.63 Å². The minimum Gasteiger partial charge on any atom is -0.422 e. The molecular formula is C22H21NO5S. The molecule has 150 valence electrons. The smallest absolute Gasteiger partial charge is 0.349 e. The number of carbonyl (C=O) groups is 1. The molecule has 1 atom stereocenters. The van der Waals surface area contributed by atoms with Crippen molar-refractivity contribution in [2.24, 2.45) is 0 Å². The van der Waals surface area contributed by atoms with Gasteiger partial charge in [-0.1, -0.05) is 48.5 Å². The van der Waals surface area contributed by atoms with Crippen molar-refractivity contribution < 1.29 is 17.6 Å². The third-order valence-corrected chi connectivity index (χ3v) is 7.02. The van der Waals surface area contributed by atoms with Crippen molar-refractivity contribution in [3.05, 3.63) is 82.2 Å². The van der Waals surface area contributed by atoms with Crippen molar-refractivity contribution in [1.29, 1.82) is 0 Å². The maximum atomic E-state index is 13.3. The van der Waals surface area contributed by atoms with E-state index in [0.717, 1.165) is 5.56 Å². The molecule has 2 aromatic carbocycles. The molecule has 6 nitrogen and oxygen atoms in total. The maximum Gasteiger partial charge on any atom is 0.349 e. The van der Waals surface area contributed by atoms with Crippen molar-refractivity contribution in [1.82, 2.24) is 4.90 Å². The lowest BCUT2D eigenvalue weighted by atomic mass is 10.1. The number of para-hydroxylation sites is 1. The molecule has 1 fully saturated rings. The Bertz CT molecular complexity index is 1200. The van der Waals surface area contributed by atoms with E-state index in [9.17, 15) is 18.0 Å². The van der Waals surface area contributed by atoms with Gasteiger partial charge < -0.3 is 9.32 Å². The molecule has 0 saturated carbocycles. The Hall–Kier alpha value is -2.93. The second-order valence-corrected chi connectivity index (χ2v) is 9.51. The summed E-state index contributed by atoms with van der Waals surface area (Å²) in [6.07, 6.45) is 0.948. The fraction of sp³-hybridized carbons (Fsp3) is 0.273. The highest BCUT2D eigenvalue weighted by atomic mass is 32.2. The molecule has 1 aliphatic heterocycles. The van der Waals surface area contributed by atoms with E-state index < -0.39 is 27.4 Å². The van der Waals surface area contributed by atoms with Crippen molar-refractivity contribution in [3.63, 3.8) is 0 Å². The number of rotatable bonds is 5. The number of hydrogen-bond acceptors (Lipinski definition) is 5. The third kappa shape index (κ3) is 4.24. The zero-order valence-electron chi connectivity index (χ0n) is 15.8. The van der Waals surface area contributed by atoms with Crippen LogP contribution in [0.4, 0.5) is 0 Å². The second kappa shape index (κ2) is 7.83. The molecule has 1 aromatic heterocycles. The lowest BCUT2D eigenvalue weighted by molar-refractivity contribution is 0.0695. The van der Waals surface area contributed by atoms with Crippen molar-refractivity contribution in [2.75, 3.05) is 18.1 Å². The summed E-state index contributed by atoms with van der Waals surface area (Å²) in [6, 6.07) is 17.7. The third-order valence-electron chi connectivity index (χ3n) is 5.27. The van der Waals surface area contributed by atoms with Gasteiger partial charge in [0.1, 0.15) is 11.1 Å². The molecule has 3 aromatic rings. The van der Waals surface area contributed by atoms with Crippen molar-refractivity contribution in [2.45, 2.75) is 18.9 Å². The highest BCUT2D eigenvalue weighted by Crippen LogP contribution is 2.21. The Morgan fingerprint density at radius 3 is 2.52 bits per heavy atom. The first-order valence-electron chi connectivity index (χ1n) is 9.51. The molecule has 7 heteroatoms. The molecule has 0 spiro atoms. The topological polar surface area (TPSA) is 84.7 Å². The number of sulfone groups is 1. The number of nitrogens with zero attached hydrogens (tertiary/aromatic N) is 1. The molecule has 2 heterocycles. The summed E-state index contributed by atoms with van der Waals surface area (Å²) in [4.78, 5) is 27.3. The number of carbonyl (C=O) groups excluding carboxylic acids is 1. The molecule has 0 radical (unpaired) electrons. The normalized spacial score (nSPS) is 18.0. The van der Waals surface area contributed by atoms with Crippen LogP contribution in [0.5, 0.6) is 0 Å². The Balaban J connectivity index is 1.67. The molecule has 1 unspecified atom stereocenters. The zero-order chi connectivity index (χ0) is 20.4. The van der Waals surface area contributed by atoms with E-state index in [-0.39, 0.29) is 17.1 Å². The van der Waals surface area contributed by atoms with Crippen LogP contribution in [0.25, 0.3) is 11.0 Å². The van der Waals surface area contributed by atoms with Crippen LogP contribution in [0.1, 0.15) is 22.3 Å². The number of amides is 1. The quantitative estimate of drug-likeness (QED) is 0.603. The zero-order valence-corrected chi connectivity index (χ0v) is 16.6. The summed E-state index contributed by atoms with van der Waals surface area (Å²) in [5.74, 6) is -0.506. The first-order valence-corrected chi connectivity index (χ1v) is 11.3. The molecule has 1 aliphatic rings. The van der Waals surface area contributed by atoms with Crippen LogP contribution >= 0.6 is 0 Å². The average Bonchev–Trinajstić information content (AvgIpc) is 3.07. The van der Waals surface area contributed by atoms with Gasteiger partial charge in [0.2, 0.25) is 0 Å². The fourth-order valence-electron chi connectivity index (χ4n) is 3.73. The average molecular weight is 411 g/mol. The molecule has 1 saturated heterocycles. The van der Waals surface area contributed by atoms with Crippen LogP contribution in [-0.2, 0) is 16.3 Å². The highest BCUT2D eigenvalue weighted by Gasteiger charge is 2.35. The summed E-state index contributed by atoms with van der Waals surface area (Å²) in [7, 11) is -3.18. The second-order valence-electron chi connectivity index (χ2n) is 7.28. The van der Waals surface area contributed by atoms with Crippen molar-refractivity contribution in [3.8, 4) is 0 Å². The largest absolute Gasteiger partial charge is 0.422 e. The van der Waals surface area contributed by atoms with Crippen LogP contribution in [0, 0.1) is 0 Å². The van der Waals surface area contributed by atoms with E-state index in [1.807, 2.05) is 30.3 Å². The van der Waals surface area contributed by atoms with E-state index in [2.05, 4.69) is 0 Å². The van der Waals surface area contributed by atoms with Gasteiger partial charge in [-0.25, -0.2) is 13.2 Å². The van der Waals surface area contributed by atoms with E-state index in [4.69, 9.17) is 4.42 Å². The summed E-state index contributed by atoms with van der Waals surface area (Å²) in [6.45, 7) is 0.329. The lowest BCUT2D eigenvalue weighted by Crippen LogP contribution is -2.43. The van der Waals surface area contributed by atoms with Gasteiger partial charge in [-0.3, -0.25) is 4.79 Å². The summed E-state index contributed by atoms with van der Waals surface area (Å²) >= 11 is 0. The Morgan fingerprint density at radius 2 is 1.79 bits per heavy atom. The predicted molar refractivity (Wildman–Crippen MR) is 111 cm³/mol. The van der Waals surface area contributed by atoms with Gasteiger partial charge in [-0.2, -0.15) is 0 Å². The number of hydrogen-bond donors (Lipinski definition) is 0. The molecule has 29 heavy (non-hydrogen) atoms. The molecule has 1 amide bonds. The Kier molecular flexibility index (Phi) is 5.24. The van der Waals surface area contributed by atoms with Gasteiger partial charge >= 0.3 is 5.63 Å². The van der Waals surface area contributed by atoms with E-state index in [0.29, 0.717) is 30.4 Å². The van der Waals surface area contributed by atoms with Crippen molar-refractivity contribution >= 4 is 26.7 Å².